The molecular weight excluding hydrogens is 364 g/mol. The van der Waals surface area contributed by atoms with Crippen molar-refractivity contribution >= 4 is 45.0 Å². The zero-order valence-electron chi connectivity index (χ0n) is 11.0. The first-order valence-corrected chi connectivity index (χ1v) is 8.51. The molecule has 0 saturated heterocycles. The summed E-state index contributed by atoms with van der Waals surface area (Å²) in [7, 11) is 1.39. The number of thiophene rings is 1. The Morgan fingerprint density at radius 3 is 3.00 bits per heavy atom. The fraction of sp³-hybridized carbons (Fsp3) is 0.417. The molecule has 0 bridgehead atoms. The lowest BCUT2D eigenvalue weighted by Gasteiger charge is -2.07. The van der Waals surface area contributed by atoms with Gasteiger partial charge in [0, 0.05) is 5.25 Å². The molecule has 0 radical (unpaired) electrons. The van der Waals surface area contributed by atoms with Gasteiger partial charge in [-0.05, 0) is 28.1 Å². The molecule has 0 aromatic carbocycles. The second-order valence-electron chi connectivity index (χ2n) is 4.01. The lowest BCUT2D eigenvalue weighted by molar-refractivity contribution is -0.140. The van der Waals surface area contributed by atoms with Crippen LogP contribution in [0.15, 0.2) is 20.3 Å². The first-order chi connectivity index (χ1) is 9.58. The molecule has 8 heteroatoms. The van der Waals surface area contributed by atoms with E-state index in [2.05, 4.69) is 30.9 Å². The summed E-state index contributed by atoms with van der Waals surface area (Å²) in [6.07, 6.45) is 0.375. The van der Waals surface area contributed by atoms with Crippen LogP contribution in [0.5, 0.6) is 0 Å². The van der Waals surface area contributed by atoms with Crippen LogP contribution in [0.25, 0.3) is 10.8 Å². The van der Waals surface area contributed by atoms with Gasteiger partial charge >= 0.3 is 5.97 Å². The van der Waals surface area contributed by atoms with Crippen LogP contribution in [-0.4, -0.2) is 28.5 Å². The lowest BCUT2D eigenvalue weighted by atomic mass is 10.3. The number of hydrogen-bond donors (Lipinski definition) is 0. The highest BCUT2D eigenvalue weighted by molar-refractivity contribution is 9.11. The Morgan fingerprint density at radius 2 is 2.35 bits per heavy atom. The van der Waals surface area contributed by atoms with Gasteiger partial charge in [-0.3, -0.25) is 4.79 Å². The Bertz CT molecular complexity index is 585. The van der Waals surface area contributed by atoms with Gasteiger partial charge in [-0.25, -0.2) is 0 Å². The number of aromatic nitrogens is 2. The molecule has 0 saturated carbocycles. The van der Waals surface area contributed by atoms with Crippen molar-refractivity contribution in [3.63, 3.8) is 0 Å². The molecule has 2 rings (SSSR count). The number of methoxy groups -OCH3 is 1. The summed E-state index contributed by atoms with van der Waals surface area (Å²) in [5.74, 6) is 1.46. The van der Waals surface area contributed by atoms with E-state index in [1.807, 2.05) is 19.1 Å². The van der Waals surface area contributed by atoms with Crippen LogP contribution in [0.3, 0.4) is 0 Å². The minimum absolute atomic E-state index is 0.147. The highest BCUT2D eigenvalue weighted by Crippen LogP contribution is 2.31. The van der Waals surface area contributed by atoms with Crippen LogP contribution in [0.4, 0.5) is 0 Å². The number of nitrogens with zero attached hydrogens (tertiary/aromatic N) is 2. The third-order valence-electron chi connectivity index (χ3n) is 2.42. The van der Waals surface area contributed by atoms with E-state index in [0.717, 1.165) is 8.66 Å². The van der Waals surface area contributed by atoms with Gasteiger partial charge in [0.1, 0.15) is 0 Å². The van der Waals surface area contributed by atoms with E-state index in [4.69, 9.17) is 4.42 Å². The number of carbonyl (C=O) groups excluding carboxylic acids is 1. The first kappa shape index (κ1) is 15.5. The van der Waals surface area contributed by atoms with Gasteiger partial charge in [-0.15, -0.1) is 33.3 Å². The highest BCUT2D eigenvalue weighted by atomic mass is 79.9. The number of rotatable bonds is 6. The van der Waals surface area contributed by atoms with Crippen molar-refractivity contribution in [3.8, 4) is 10.8 Å². The third-order valence-corrected chi connectivity index (χ3v) is 5.18. The van der Waals surface area contributed by atoms with Gasteiger partial charge in [-0.2, -0.15) is 0 Å². The molecule has 0 fully saturated rings. The molecule has 2 heterocycles. The molecule has 0 spiro atoms. The normalized spacial score (nSPS) is 12.3. The van der Waals surface area contributed by atoms with Gasteiger partial charge in [0.15, 0.2) is 0 Å². The number of ether oxygens (including phenoxy) is 1. The molecule has 5 nitrogen and oxygen atoms in total. The quantitative estimate of drug-likeness (QED) is 0.715. The molecule has 2 aromatic heterocycles. The van der Waals surface area contributed by atoms with E-state index in [-0.39, 0.29) is 11.2 Å². The Morgan fingerprint density at radius 1 is 1.55 bits per heavy atom. The number of esters is 1. The van der Waals surface area contributed by atoms with Crippen molar-refractivity contribution in [3.05, 3.63) is 21.8 Å². The maximum Gasteiger partial charge on any atom is 0.306 e. The average molecular weight is 377 g/mol. The fourth-order valence-electron chi connectivity index (χ4n) is 1.43. The maximum atomic E-state index is 11.1. The lowest BCUT2D eigenvalue weighted by Crippen LogP contribution is -2.08. The largest absolute Gasteiger partial charge is 0.469 e. The molecule has 2 aromatic rings. The maximum absolute atomic E-state index is 11.1. The van der Waals surface area contributed by atoms with Gasteiger partial charge in [0.2, 0.25) is 5.89 Å². The van der Waals surface area contributed by atoms with E-state index in [0.29, 0.717) is 24.0 Å². The van der Waals surface area contributed by atoms with Crippen LogP contribution in [0, 0.1) is 0 Å². The minimum Gasteiger partial charge on any atom is -0.469 e. The minimum atomic E-state index is -0.209. The number of halogens is 1. The first-order valence-electron chi connectivity index (χ1n) is 5.85. The molecule has 0 N–H and O–H groups in total. The summed E-state index contributed by atoms with van der Waals surface area (Å²) in [5, 5.41) is 8.18. The van der Waals surface area contributed by atoms with Crippen LogP contribution >= 0.6 is 39.0 Å². The molecule has 0 aliphatic heterocycles. The molecular formula is C12H13BrN2O3S2. The van der Waals surface area contributed by atoms with Crippen LogP contribution in [0.2, 0.25) is 0 Å². The van der Waals surface area contributed by atoms with Crippen LogP contribution < -0.4 is 0 Å². The van der Waals surface area contributed by atoms with Crippen molar-refractivity contribution in [2.24, 2.45) is 0 Å². The van der Waals surface area contributed by atoms with E-state index in [1.54, 1.807) is 23.1 Å². The number of hydrogen-bond acceptors (Lipinski definition) is 7. The standard InChI is InChI=1S/C12H13BrN2O3S2/c1-7(5-11(16)17-2)19-6-10-14-15-12(18-10)8-3-4-9(13)20-8/h3-4,7H,5-6H2,1-2H3. The Labute approximate surface area is 133 Å². The zero-order chi connectivity index (χ0) is 14.5. The SMILES string of the molecule is COC(=O)CC(C)SCc1nnc(-c2ccc(Br)s2)o1. The van der Waals surface area contributed by atoms with Crippen LogP contribution in [-0.2, 0) is 15.3 Å². The molecule has 108 valence electrons. The number of carbonyl (C=O) groups is 1. The van der Waals surface area contributed by atoms with Gasteiger partial charge in [0.25, 0.3) is 5.89 Å². The van der Waals surface area contributed by atoms with Gasteiger partial charge in [-0.1, -0.05) is 6.92 Å². The van der Waals surface area contributed by atoms with Crippen molar-refractivity contribution in [1.82, 2.24) is 10.2 Å². The summed E-state index contributed by atoms with van der Waals surface area (Å²) < 4.78 is 11.2. The highest BCUT2D eigenvalue weighted by Gasteiger charge is 2.14. The molecule has 0 aliphatic rings. The van der Waals surface area contributed by atoms with Crippen molar-refractivity contribution in [2.75, 3.05) is 7.11 Å². The summed E-state index contributed by atoms with van der Waals surface area (Å²) in [6.45, 7) is 1.97. The van der Waals surface area contributed by atoms with Crippen molar-refractivity contribution in [1.29, 1.82) is 0 Å². The van der Waals surface area contributed by atoms with E-state index >= 15 is 0 Å². The third kappa shape index (κ3) is 4.32. The summed E-state index contributed by atoms with van der Waals surface area (Å²) >= 11 is 6.52. The average Bonchev–Trinajstić information content (AvgIpc) is 3.04. The second-order valence-corrected chi connectivity index (χ2v) is 7.90. The molecule has 0 amide bonds. The molecule has 1 atom stereocenters. The van der Waals surface area contributed by atoms with E-state index in [1.165, 1.54) is 7.11 Å². The van der Waals surface area contributed by atoms with Gasteiger partial charge < -0.3 is 9.15 Å². The smallest absolute Gasteiger partial charge is 0.306 e. The van der Waals surface area contributed by atoms with Crippen molar-refractivity contribution < 1.29 is 13.9 Å². The van der Waals surface area contributed by atoms with E-state index in [9.17, 15) is 4.79 Å². The monoisotopic (exact) mass is 376 g/mol. The Hall–Kier alpha value is -0.860. The molecule has 0 aliphatic carbocycles. The van der Waals surface area contributed by atoms with Crippen molar-refractivity contribution in [2.45, 2.75) is 24.3 Å². The second kappa shape index (κ2) is 7.24. The summed E-state index contributed by atoms with van der Waals surface area (Å²) in [6, 6.07) is 3.87. The van der Waals surface area contributed by atoms with Crippen LogP contribution in [0.1, 0.15) is 19.2 Å². The van der Waals surface area contributed by atoms with Gasteiger partial charge in [0.05, 0.1) is 27.9 Å². The Kier molecular flexibility index (Phi) is 5.62. The topological polar surface area (TPSA) is 65.2 Å². The zero-order valence-corrected chi connectivity index (χ0v) is 14.2. The molecule has 20 heavy (non-hydrogen) atoms. The number of thioether (sulfide) groups is 1. The predicted octanol–water partition coefficient (Wildman–Crippen LogP) is 3.75. The summed E-state index contributed by atoms with van der Waals surface area (Å²) in [5.41, 5.74) is 0. The predicted molar refractivity (Wildman–Crippen MR) is 82.7 cm³/mol. The Balaban J connectivity index is 1.88. The summed E-state index contributed by atoms with van der Waals surface area (Å²) in [4.78, 5) is 12.1. The fourth-order valence-corrected chi connectivity index (χ4v) is 3.54. The molecule has 1 unspecified atom stereocenters. The van der Waals surface area contributed by atoms with E-state index < -0.39 is 0 Å².